The third-order valence-corrected chi connectivity index (χ3v) is 2.61. The Labute approximate surface area is 86.1 Å². The van der Waals surface area contributed by atoms with E-state index in [1.165, 1.54) is 6.92 Å². The Morgan fingerprint density at radius 2 is 2.07 bits per heavy atom. The summed E-state index contributed by atoms with van der Waals surface area (Å²) >= 11 is 0. The van der Waals surface area contributed by atoms with E-state index < -0.39 is 24.0 Å². The quantitative estimate of drug-likeness (QED) is 0.542. The molecule has 86 valence electrons. The summed E-state index contributed by atoms with van der Waals surface area (Å²) < 4.78 is 41.5. The number of rotatable bonds is 3. The summed E-state index contributed by atoms with van der Waals surface area (Å²) in [6.07, 6.45) is -3.56. The van der Waals surface area contributed by atoms with E-state index in [1.54, 1.807) is 0 Å². The number of carbonyl (C=O) groups excluding carboxylic acids is 1. The van der Waals surface area contributed by atoms with Gasteiger partial charge < -0.3 is 4.74 Å². The van der Waals surface area contributed by atoms with Crippen LogP contribution in [0.3, 0.4) is 0 Å². The molecule has 1 fully saturated rings. The molecule has 1 rings (SSSR count). The summed E-state index contributed by atoms with van der Waals surface area (Å²) in [5.74, 6) is -2.51. The second-order valence-corrected chi connectivity index (χ2v) is 3.86. The Kier molecular flexibility index (Phi) is 3.42. The predicted molar refractivity (Wildman–Crippen MR) is 48.0 cm³/mol. The minimum atomic E-state index is -4.17. The van der Waals surface area contributed by atoms with Crippen molar-refractivity contribution in [1.82, 2.24) is 0 Å². The molecule has 2 unspecified atom stereocenters. The molecule has 0 aliphatic heterocycles. The van der Waals surface area contributed by atoms with Crippen LogP contribution in [0, 0.1) is 11.8 Å². The maximum atomic E-state index is 12.3. The van der Waals surface area contributed by atoms with Crippen LogP contribution >= 0.6 is 0 Å². The maximum Gasteiger partial charge on any atom is 0.392 e. The van der Waals surface area contributed by atoms with Crippen LogP contribution in [0.15, 0.2) is 12.2 Å². The van der Waals surface area contributed by atoms with Gasteiger partial charge in [0.2, 0.25) is 0 Å². The molecule has 0 saturated heterocycles. The molecule has 0 aromatic heterocycles. The van der Waals surface area contributed by atoms with Crippen LogP contribution in [-0.4, -0.2) is 18.8 Å². The van der Waals surface area contributed by atoms with Gasteiger partial charge in [-0.2, -0.15) is 13.2 Å². The Hall–Kier alpha value is -1.00. The van der Waals surface area contributed by atoms with E-state index in [0.717, 1.165) is 0 Å². The van der Waals surface area contributed by atoms with Gasteiger partial charge in [-0.1, -0.05) is 6.58 Å². The highest BCUT2D eigenvalue weighted by atomic mass is 19.4. The van der Waals surface area contributed by atoms with E-state index in [2.05, 4.69) is 6.58 Å². The average molecular weight is 222 g/mol. The summed E-state index contributed by atoms with van der Waals surface area (Å²) in [6.45, 7) is 4.65. The fourth-order valence-electron chi connectivity index (χ4n) is 1.51. The van der Waals surface area contributed by atoms with Crippen molar-refractivity contribution in [2.24, 2.45) is 11.8 Å². The zero-order valence-corrected chi connectivity index (χ0v) is 8.43. The maximum absolute atomic E-state index is 12.3. The summed E-state index contributed by atoms with van der Waals surface area (Å²) in [7, 11) is 0. The van der Waals surface area contributed by atoms with Gasteiger partial charge in [0, 0.05) is 11.5 Å². The minimum absolute atomic E-state index is 0.138. The van der Waals surface area contributed by atoms with Crippen molar-refractivity contribution in [3.05, 3.63) is 12.2 Å². The van der Waals surface area contributed by atoms with Gasteiger partial charge in [0.15, 0.2) is 0 Å². The van der Waals surface area contributed by atoms with E-state index in [4.69, 9.17) is 4.74 Å². The van der Waals surface area contributed by atoms with Crippen LogP contribution in [0.5, 0.6) is 0 Å². The monoisotopic (exact) mass is 222 g/mol. The molecule has 1 aliphatic carbocycles. The number of carbonyl (C=O) groups is 1. The van der Waals surface area contributed by atoms with Gasteiger partial charge in [0.1, 0.15) is 0 Å². The van der Waals surface area contributed by atoms with Crippen molar-refractivity contribution in [3.63, 3.8) is 0 Å². The molecule has 0 aromatic rings. The molecule has 2 nitrogen and oxygen atoms in total. The predicted octanol–water partition coefficient (Wildman–Crippen LogP) is 2.69. The molecule has 5 heteroatoms. The number of hydrogen-bond acceptors (Lipinski definition) is 2. The van der Waals surface area contributed by atoms with Gasteiger partial charge >= 0.3 is 12.1 Å². The number of ether oxygens (including phenoxy) is 1. The first-order valence-corrected chi connectivity index (χ1v) is 4.71. The van der Waals surface area contributed by atoms with Crippen LogP contribution in [0.4, 0.5) is 13.2 Å². The topological polar surface area (TPSA) is 26.3 Å². The summed E-state index contributed by atoms with van der Waals surface area (Å²) in [6, 6.07) is 0. The molecule has 15 heavy (non-hydrogen) atoms. The van der Waals surface area contributed by atoms with E-state index in [9.17, 15) is 18.0 Å². The first-order chi connectivity index (χ1) is 6.82. The fraction of sp³-hybridized carbons (Fsp3) is 0.700. The highest BCUT2D eigenvalue weighted by molar-refractivity contribution is 5.86. The van der Waals surface area contributed by atoms with Crippen molar-refractivity contribution in [2.45, 2.75) is 25.9 Å². The molecular weight excluding hydrogens is 209 g/mol. The molecule has 0 amide bonds. The third-order valence-electron chi connectivity index (χ3n) is 2.61. The Morgan fingerprint density at radius 3 is 2.40 bits per heavy atom. The molecule has 0 radical (unpaired) electrons. The normalized spacial score (nSPS) is 25.6. The summed E-state index contributed by atoms with van der Waals surface area (Å²) in [5, 5.41) is 0. The lowest BCUT2D eigenvalue weighted by Gasteiger charge is -2.37. The first kappa shape index (κ1) is 12.1. The lowest BCUT2D eigenvalue weighted by atomic mass is 9.74. The molecule has 1 saturated carbocycles. The van der Waals surface area contributed by atoms with Gasteiger partial charge in [-0.15, -0.1) is 0 Å². The van der Waals surface area contributed by atoms with E-state index in [-0.39, 0.29) is 18.6 Å². The van der Waals surface area contributed by atoms with Gasteiger partial charge in [-0.05, 0) is 19.8 Å². The highest BCUT2D eigenvalue weighted by Crippen LogP contribution is 2.45. The van der Waals surface area contributed by atoms with Crippen LogP contribution in [0.1, 0.15) is 19.8 Å². The second-order valence-electron chi connectivity index (χ2n) is 3.86. The van der Waals surface area contributed by atoms with Crippen molar-refractivity contribution in [3.8, 4) is 0 Å². The van der Waals surface area contributed by atoms with E-state index in [1.807, 2.05) is 0 Å². The average Bonchev–Trinajstić information content (AvgIpc) is 1.98. The van der Waals surface area contributed by atoms with Gasteiger partial charge in [-0.25, -0.2) is 4.79 Å². The van der Waals surface area contributed by atoms with Crippen molar-refractivity contribution in [2.75, 3.05) is 6.61 Å². The van der Waals surface area contributed by atoms with Crippen molar-refractivity contribution < 1.29 is 22.7 Å². The first-order valence-electron chi connectivity index (χ1n) is 4.71. The SMILES string of the molecule is C=C(C)C(=O)OCC1CCC1C(F)(F)F. The molecule has 2 atom stereocenters. The second kappa shape index (κ2) is 4.24. The lowest BCUT2D eigenvalue weighted by molar-refractivity contribution is -0.219. The fourth-order valence-corrected chi connectivity index (χ4v) is 1.51. The number of esters is 1. The smallest absolute Gasteiger partial charge is 0.392 e. The van der Waals surface area contributed by atoms with Crippen LogP contribution < -0.4 is 0 Å². The molecule has 1 aliphatic rings. The van der Waals surface area contributed by atoms with E-state index >= 15 is 0 Å². The summed E-state index contributed by atoms with van der Waals surface area (Å²) in [5.41, 5.74) is 0.206. The Morgan fingerprint density at radius 1 is 1.47 bits per heavy atom. The van der Waals surface area contributed by atoms with E-state index in [0.29, 0.717) is 6.42 Å². The third kappa shape index (κ3) is 2.97. The summed E-state index contributed by atoms with van der Waals surface area (Å²) in [4.78, 5) is 10.9. The molecule has 0 aromatic carbocycles. The van der Waals surface area contributed by atoms with Crippen LogP contribution in [-0.2, 0) is 9.53 Å². The molecule has 0 bridgehead atoms. The molecule has 0 heterocycles. The van der Waals surface area contributed by atoms with Crippen LogP contribution in [0.25, 0.3) is 0 Å². The molecule has 0 spiro atoms. The number of hydrogen-bond donors (Lipinski definition) is 0. The minimum Gasteiger partial charge on any atom is -0.462 e. The van der Waals surface area contributed by atoms with Crippen LogP contribution in [0.2, 0.25) is 0 Å². The number of halogens is 3. The molecule has 0 N–H and O–H groups in total. The zero-order valence-electron chi connectivity index (χ0n) is 8.43. The molecular formula is C10H13F3O2. The number of alkyl halides is 3. The Bertz CT molecular complexity index is 270. The Balaban J connectivity index is 2.35. The van der Waals surface area contributed by atoms with Crippen molar-refractivity contribution >= 4 is 5.97 Å². The van der Waals surface area contributed by atoms with Crippen molar-refractivity contribution in [1.29, 1.82) is 0 Å². The zero-order chi connectivity index (χ0) is 11.6. The highest BCUT2D eigenvalue weighted by Gasteiger charge is 2.50. The van der Waals surface area contributed by atoms with Gasteiger partial charge in [0.05, 0.1) is 12.5 Å². The van der Waals surface area contributed by atoms with Gasteiger partial charge in [0.25, 0.3) is 0 Å². The largest absolute Gasteiger partial charge is 0.462 e. The lowest BCUT2D eigenvalue weighted by Crippen LogP contribution is -2.40. The van der Waals surface area contributed by atoms with Gasteiger partial charge in [-0.3, -0.25) is 0 Å². The standard InChI is InChI=1S/C10H13F3O2/c1-6(2)9(14)15-5-7-3-4-8(7)10(11,12)13/h7-8H,1,3-5H2,2H3.